The Bertz CT molecular complexity index is 457. The van der Waals surface area contributed by atoms with Gasteiger partial charge in [-0.3, -0.25) is 9.58 Å². The Kier molecular flexibility index (Phi) is 6.08. The number of halogens is 1. The van der Waals surface area contributed by atoms with Crippen molar-refractivity contribution in [2.45, 2.75) is 59.7 Å². The molecule has 1 aliphatic rings. The summed E-state index contributed by atoms with van der Waals surface area (Å²) in [5, 5.41) is 9.05. The van der Waals surface area contributed by atoms with Gasteiger partial charge in [-0.1, -0.05) is 38.8 Å². The van der Waals surface area contributed by atoms with Crippen molar-refractivity contribution in [1.82, 2.24) is 20.0 Å². The van der Waals surface area contributed by atoms with Crippen LogP contribution in [0.2, 0.25) is 5.02 Å². The molecule has 0 bridgehead atoms. The minimum absolute atomic E-state index is 0.588. The molecule has 1 N–H and O–H groups in total. The predicted octanol–water partition coefficient (Wildman–Crippen LogP) is 2.94. The molecule has 120 valence electrons. The quantitative estimate of drug-likeness (QED) is 0.876. The normalized spacial score (nSPS) is 21.7. The van der Waals surface area contributed by atoms with Gasteiger partial charge < -0.3 is 5.32 Å². The maximum absolute atomic E-state index is 6.56. The number of nitrogens with one attached hydrogen (secondary N) is 1. The summed E-state index contributed by atoms with van der Waals surface area (Å²) in [6.45, 7) is 13.9. The fourth-order valence-corrected chi connectivity index (χ4v) is 3.49. The van der Waals surface area contributed by atoms with Crippen LogP contribution in [0.3, 0.4) is 0 Å². The molecule has 1 aromatic rings. The van der Waals surface area contributed by atoms with Crippen LogP contribution in [0.15, 0.2) is 0 Å². The lowest BCUT2D eigenvalue weighted by Gasteiger charge is -2.39. The molecule has 1 aromatic heterocycles. The van der Waals surface area contributed by atoms with E-state index < -0.39 is 0 Å². The molecule has 0 amide bonds. The van der Waals surface area contributed by atoms with E-state index in [1.807, 2.05) is 0 Å². The molecular weight excluding hydrogens is 284 g/mol. The van der Waals surface area contributed by atoms with E-state index in [0.717, 1.165) is 49.9 Å². The Labute approximate surface area is 133 Å². The second-order valence-corrected chi connectivity index (χ2v) is 6.38. The van der Waals surface area contributed by atoms with E-state index in [1.54, 1.807) is 0 Å². The zero-order chi connectivity index (χ0) is 15.4. The van der Waals surface area contributed by atoms with E-state index in [9.17, 15) is 0 Å². The molecule has 2 heterocycles. The molecule has 0 saturated carbocycles. The molecule has 1 aliphatic heterocycles. The fraction of sp³-hybridized carbons (Fsp3) is 0.812. The van der Waals surface area contributed by atoms with Gasteiger partial charge in [-0.05, 0) is 19.3 Å². The van der Waals surface area contributed by atoms with Crippen LogP contribution in [0.5, 0.6) is 0 Å². The van der Waals surface area contributed by atoms with Crippen molar-refractivity contribution in [1.29, 1.82) is 0 Å². The zero-order valence-corrected chi connectivity index (χ0v) is 14.6. The van der Waals surface area contributed by atoms with Crippen molar-refractivity contribution in [2.24, 2.45) is 5.92 Å². The van der Waals surface area contributed by atoms with Gasteiger partial charge in [-0.25, -0.2) is 0 Å². The van der Waals surface area contributed by atoms with Crippen LogP contribution >= 0.6 is 11.6 Å². The van der Waals surface area contributed by atoms with Crippen molar-refractivity contribution < 1.29 is 0 Å². The molecule has 21 heavy (non-hydrogen) atoms. The summed E-state index contributed by atoms with van der Waals surface area (Å²) in [6, 6.07) is 0.588. The highest BCUT2D eigenvalue weighted by atomic mass is 35.5. The first-order chi connectivity index (χ1) is 10.1. The van der Waals surface area contributed by atoms with E-state index in [0.29, 0.717) is 12.0 Å². The summed E-state index contributed by atoms with van der Waals surface area (Å²) in [5.41, 5.74) is 2.22. The van der Waals surface area contributed by atoms with E-state index in [4.69, 9.17) is 11.6 Å². The van der Waals surface area contributed by atoms with E-state index >= 15 is 0 Å². The van der Waals surface area contributed by atoms with Gasteiger partial charge in [0, 0.05) is 38.8 Å². The average molecular weight is 313 g/mol. The molecule has 0 aliphatic carbocycles. The number of hydrogen-bond acceptors (Lipinski definition) is 3. The Morgan fingerprint density at radius 3 is 2.76 bits per heavy atom. The van der Waals surface area contributed by atoms with Gasteiger partial charge in [0.05, 0.1) is 16.4 Å². The fourth-order valence-electron chi connectivity index (χ4n) is 3.16. The average Bonchev–Trinajstić information content (AvgIpc) is 2.83. The van der Waals surface area contributed by atoms with Crippen LogP contribution < -0.4 is 5.32 Å². The van der Waals surface area contributed by atoms with Crippen molar-refractivity contribution in [3.63, 3.8) is 0 Å². The van der Waals surface area contributed by atoms with Crippen LogP contribution in [0, 0.1) is 5.92 Å². The molecule has 1 fully saturated rings. The molecule has 4 nitrogen and oxygen atoms in total. The summed E-state index contributed by atoms with van der Waals surface area (Å²) in [6.07, 6.45) is 2.11. The second kappa shape index (κ2) is 7.61. The first kappa shape index (κ1) is 16.8. The summed E-state index contributed by atoms with van der Waals surface area (Å²) in [5.74, 6) is 0.695. The Morgan fingerprint density at radius 1 is 1.38 bits per heavy atom. The third-order valence-corrected chi connectivity index (χ3v) is 5.18. The van der Waals surface area contributed by atoms with Crippen LogP contribution in [-0.4, -0.2) is 40.4 Å². The largest absolute Gasteiger partial charge is 0.314 e. The molecule has 2 unspecified atom stereocenters. The minimum Gasteiger partial charge on any atom is -0.314 e. The minimum atomic E-state index is 0.588. The van der Waals surface area contributed by atoms with Gasteiger partial charge in [0.25, 0.3) is 0 Å². The topological polar surface area (TPSA) is 33.1 Å². The van der Waals surface area contributed by atoms with Crippen molar-refractivity contribution in [3.05, 3.63) is 16.4 Å². The second-order valence-electron chi connectivity index (χ2n) is 6.00. The molecule has 0 spiro atoms. The van der Waals surface area contributed by atoms with Crippen LogP contribution in [0.4, 0.5) is 0 Å². The predicted molar refractivity (Wildman–Crippen MR) is 88.8 cm³/mol. The lowest BCUT2D eigenvalue weighted by Crippen LogP contribution is -2.53. The van der Waals surface area contributed by atoms with Crippen molar-refractivity contribution >= 4 is 11.6 Å². The maximum Gasteiger partial charge on any atom is 0.0863 e. The van der Waals surface area contributed by atoms with E-state index in [1.165, 1.54) is 12.1 Å². The Hall–Kier alpha value is -0.580. The van der Waals surface area contributed by atoms with Gasteiger partial charge >= 0.3 is 0 Å². The number of hydrogen-bond donors (Lipinski definition) is 1. The summed E-state index contributed by atoms with van der Waals surface area (Å²) < 4.78 is 2.08. The lowest BCUT2D eigenvalue weighted by molar-refractivity contribution is 0.106. The van der Waals surface area contributed by atoms with Gasteiger partial charge in [0.1, 0.15) is 0 Å². The number of aromatic nitrogens is 2. The molecular formula is C16H29ClN4. The van der Waals surface area contributed by atoms with Crippen LogP contribution in [0.25, 0.3) is 0 Å². The lowest BCUT2D eigenvalue weighted by atomic mass is 9.96. The zero-order valence-electron chi connectivity index (χ0n) is 13.8. The van der Waals surface area contributed by atoms with Gasteiger partial charge in [0.15, 0.2) is 0 Å². The Morgan fingerprint density at radius 2 is 2.14 bits per heavy atom. The number of piperazine rings is 1. The van der Waals surface area contributed by atoms with Gasteiger partial charge in [-0.15, -0.1) is 0 Å². The smallest absolute Gasteiger partial charge is 0.0863 e. The first-order valence-electron chi connectivity index (χ1n) is 8.31. The summed E-state index contributed by atoms with van der Waals surface area (Å²) in [7, 11) is 0. The van der Waals surface area contributed by atoms with Crippen LogP contribution in [0.1, 0.15) is 45.5 Å². The molecule has 1 saturated heterocycles. The molecule has 5 heteroatoms. The van der Waals surface area contributed by atoms with Gasteiger partial charge in [-0.2, -0.15) is 5.10 Å². The third kappa shape index (κ3) is 3.61. The third-order valence-electron chi connectivity index (χ3n) is 4.75. The number of nitrogens with zero attached hydrogens (tertiary/aromatic N) is 3. The monoisotopic (exact) mass is 312 g/mol. The molecule has 2 rings (SSSR count). The molecule has 2 atom stereocenters. The standard InChI is InChI=1S/C16H29ClN4/c1-5-12(4)14-10-18-8-9-20(14)11-15-16(17)13(6-2)19-21(15)7-3/h12,14,18H,5-11H2,1-4H3. The number of aryl methyl sites for hydroxylation is 2. The van der Waals surface area contributed by atoms with E-state index in [-0.39, 0.29) is 0 Å². The number of rotatable bonds is 6. The highest BCUT2D eigenvalue weighted by Crippen LogP contribution is 2.26. The first-order valence-corrected chi connectivity index (χ1v) is 8.68. The maximum atomic E-state index is 6.56. The summed E-state index contributed by atoms with van der Waals surface area (Å²) in [4.78, 5) is 2.58. The highest BCUT2D eigenvalue weighted by Gasteiger charge is 2.28. The van der Waals surface area contributed by atoms with Crippen molar-refractivity contribution in [3.8, 4) is 0 Å². The Balaban J connectivity index is 2.20. The summed E-state index contributed by atoms with van der Waals surface area (Å²) >= 11 is 6.56. The van der Waals surface area contributed by atoms with E-state index in [2.05, 4.69) is 47.7 Å². The molecule has 0 aromatic carbocycles. The van der Waals surface area contributed by atoms with Crippen LogP contribution in [-0.2, 0) is 19.5 Å². The molecule has 0 radical (unpaired) electrons. The SMILES string of the molecule is CCc1nn(CC)c(CN2CCNCC2C(C)CC)c1Cl. The highest BCUT2D eigenvalue weighted by molar-refractivity contribution is 6.31. The van der Waals surface area contributed by atoms with Crippen molar-refractivity contribution in [2.75, 3.05) is 19.6 Å². The van der Waals surface area contributed by atoms with Gasteiger partial charge in [0.2, 0.25) is 0 Å².